The summed E-state index contributed by atoms with van der Waals surface area (Å²) >= 11 is 9.55. The van der Waals surface area contributed by atoms with E-state index in [1.807, 2.05) is 4.90 Å². The fourth-order valence-electron chi connectivity index (χ4n) is 5.59. The molecule has 0 radical (unpaired) electrons. The summed E-state index contributed by atoms with van der Waals surface area (Å²) in [5.74, 6) is -0.134. The second kappa shape index (κ2) is 12.6. The molecule has 2 aliphatic heterocycles. The summed E-state index contributed by atoms with van der Waals surface area (Å²) in [6.45, 7) is 0.433. The third kappa shape index (κ3) is 6.41. The maximum absolute atomic E-state index is 15.0. The maximum Gasteiger partial charge on any atom is 0.411 e. The molecule has 0 spiro atoms. The normalized spacial score (nSPS) is 19.8. The van der Waals surface area contributed by atoms with Gasteiger partial charge in [-0.25, -0.2) is 14.2 Å². The van der Waals surface area contributed by atoms with Crippen LogP contribution in [0, 0.1) is 5.82 Å². The third-order valence-corrected chi connectivity index (χ3v) is 8.65. The minimum absolute atomic E-state index is 0.0160. The minimum Gasteiger partial charge on any atom is -0.453 e. The highest BCUT2D eigenvalue weighted by atomic mass is 79.9. The van der Waals surface area contributed by atoms with Gasteiger partial charge in [-0.2, -0.15) is 0 Å². The SMILES string of the molecule is COC(=O)Nc1ccc2c(c1)NC(=O)CCCC[C@H](N1CCC(c3c(Br)ccc(Cl)c3F)CCC1=O)c1ncc-2[nH]1. The van der Waals surface area contributed by atoms with Crippen molar-refractivity contribution in [1.82, 2.24) is 14.9 Å². The van der Waals surface area contributed by atoms with E-state index in [9.17, 15) is 14.4 Å². The number of aromatic nitrogens is 2. The van der Waals surface area contributed by atoms with Gasteiger partial charge in [0, 0.05) is 40.7 Å². The predicted octanol–water partition coefficient (Wildman–Crippen LogP) is 7.16. The monoisotopic (exact) mass is 645 g/mol. The molecule has 3 aromatic rings. The quantitative estimate of drug-likeness (QED) is 0.261. The van der Waals surface area contributed by atoms with E-state index in [4.69, 9.17) is 11.6 Å². The van der Waals surface area contributed by atoms with E-state index in [2.05, 4.69) is 41.3 Å². The number of imidazole rings is 1. The topological polar surface area (TPSA) is 116 Å². The number of H-pyrrole nitrogens is 1. The number of fused-ring (bicyclic) bond motifs is 4. The summed E-state index contributed by atoms with van der Waals surface area (Å²) in [5.41, 5.74) is 2.84. The van der Waals surface area contributed by atoms with E-state index in [1.54, 1.807) is 30.5 Å². The van der Waals surface area contributed by atoms with Crippen molar-refractivity contribution in [2.75, 3.05) is 24.3 Å². The van der Waals surface area contributed by atoms with Gasteiger partial charge in [0.25, 0.3) is 0 Å². The summed E-state index contributed by atoms with van der Waals surface area (Å²) in [6, 6.07) is 8.08. The van der Waals surface area contributed by atoms with E-state index in [0.29, 0.717) is 83.6 Å². The van der Waals surface area contributed by atoms with Crippen molar-refractivity contribution in [3.63, 3.8) is 0 Å². The lowest BCUT2D eigenvalue weighted by Crippen LogP contribution is -2.35. The second-order valence-corrected chi connectivity index (χ2v) is 11.5. The van der Waals surface area contributed by atoms with Gasteiger partial charge in [-0.15, -0.1) is 0 Å². The number of amides is 3. The molecule has 41 heavy (non-hydrogen) atoms. The van der Waals surface area contributed by atoms with E-state index in [1.165, 1.54) is 13.2 Å². The van der Waals surface area contributed by atoms with Crippen LogP contribution in [0.3, 0.4) is 0 Å². The number of rotatable bonds is 3. The van der Waals surface area contributed by atoms with E-state index >= 15 is 4.39 Å². The molecule has 12 heteroatoms. The molecular formula is C29H30BrClFN5O4. The molecule has 3 amide bonds. The molecule has 2 atom stereocenters. The first kappa shape index (κ1) is 29.1. The Hall–Kier alpha value is -3.44. The highest BCUT2D eigenvalue weighted by Crippen LogP contribution is 2.40. The highest BCUT2D eigenvalue weighted by Gasteiger charge is 2.33. The molecule has 0 aliphatic carbocycles. The molecule has 5 rings (SSSR count). The van der Waals surface area contributed by atoms with Crippen LogP contribution in [0.1, 0.15) is 68.3 Å². The number of aromatic amines is 1. The molecular weight excluding hydrogens is 617 g/mol. The van der Waals surface area contributed by atoms with Crippen molar-refractivity contribution < 1.29 is 23.5 Å². The molecule has 3 heterocycles. The van der Waals surface area contributed by atoms with Crippen LogP contribution >= 0.6 is 27.5 Å². The van der Waals surface area contributed by atoms with Gasteiger partial charge in [-0.3, -0.25) is 14.9 Å². The van der Waals surface area contributed by atoms with Gasteiger partial charge in [0.1, 0.15) is 11.6 Å². The van der Waals surface area contributed by atoms with Crippen molar-refractivity contribution in [1.29, 1.82) is 0 Å². The molecule has 0 saturated carbocycles. The first-order valence-electron chi connectivity index (χ1n) is 13.5. The summed E-state index contributed by atoms with van der Waals surface area (Å²) in [5, 5.41) is 5.62. The lowest BCUT2D eigenvalue weighted by molar-refractivity contribution is -0.133. The van der Waals surface area contributed by atoms with Crippen LogP contribution in [0.15, 0.2) is 41.0 Å². The van der Waals surface area contributed by atoms with Crippen LogP contribution < -0.4 is 10.6 Å². The van der Waals surface area contributed by atoms with Crippen LogP contribution in [0.2, 0.25) is 5.02 Å². The lowest BCUT2D eigenvalue weighted by atomic mass is 9.91. The minimum atomic E-state index is -0.620. The smallest absolute Gasteiger partial charge is 0.411 e. The Morgan fingerprint density at radius 1 is 1.17 bits per heavy atom. The Kier molecular flexibility index (Phi) is 8.94. The molecule has 2 aromatic carbocycles. The van der Waals surface area contributed by atoms with Crippen LogP contribution in [-0.2, 0) is 14.3 Å². The van der Waals surface area contributed by atoms with Crippen molar-refractivity contribution in [3.8, 4) is 11.3 Å². The molecule has 9 nitrogen and oxygen atoms in total. The number of anilines is 2. The Labute approximate surface area is 250 Å². The van der Waals surface area contributed by atoms with Crippen molar-refractivity contribution in [3.05, 3.63) is 63.2 Å². The lowest BCUT2D eigenvalue weighted by Gasteiger charge is -2.30. The fraction of sp³-hybridized carbons (Fsp3) is 0.379. The van der Waals surface area contributed by atoms with E-state index in [-0.39, 0.29) is 35.2 Å². The first-order valence-corrected chi connectivity index (χ1v) is 14.7. The largest absolute Gasteiger partial charge is 0.453 e. The van der Waals surface area contributed by atoms with E-state index < -0.39 is 11.9 Å². The zero-order valence-corrected chi connectivity index (χ0v) is 24.8. The number of likely N-dealkylation sites (tertiary alicyclic amines) is 1. The average molecular weight is 647 g/mol. The average Bonchev–Trinajstić information content (AvgIpc) is 3.36. The summed E-state index contributed by atoms with van der Waals surface area (Å²) in [7, 11) is 1.27. The highest BCUT2D eigenvalue weighted by molar-refractivity contribution is 9.10. The molecule has 2 aliphatic rings. The van der Waals surface area contributed by atoms with Gasteiger partial charge >= 0.3 is 6.09 Å². The van der Waals surface area contributed by atoms with Crippen LogP contribution in [-0.4, -0.2) is 46.4 Å². The van der Waals surface area contributed by atoms with Gasteiger partial charge in [-0.1, -0.05) is 34.0 Å². The summed E-state index contributed by atoms with van der Waals surface area (Å²) < 4.78 is 20.3. The van der Waals surface area contributed by atoms with Gasteiger partial charge in [0.05, 0.1) is 35.8 Å². The summed E-state index contributed by atoms with van der Waals surface area (Å²) in [6.07, 6.45) is 4.67. The summed E-state index contributed by atoms with van der Waals surface area (Å²) in [4.78, 5) is 47.8. The van der Waals surface area contributed by atoms with Crippen LogP contribution in [0.25, 0.3) is 11.3 Å². The number of nitrogens with one attached hydrogen (secondary N) is 3. The number of ether oxygens (including phenoxy) is 1. The van der Waals surface area contributed by atoms with Crippen molar-refractivity contribution >= 4 is 56.8 Å². The number of benzene rings is 2. The number of methoxy groups -OCH3 is 1. The van der Waals surface area contributed by atoms with Crippen LogP contribution in [0.4, 0.5) is 20.6 Å². The second-order valence-electron chi connectivity index (χ2n) is 10.2. The van der Waals surface area contributed by atoms with E-state index in [0.717, 1.165) is 0 Å². The molecule has 1 unspecified atom stereocenters. The fourth-order valence-corrected chi connectivity index (χ4v) is 6.38. The molecule has 2 bridgehead atoms. The zero-order valence-electron chi connectivity index (χ0n) is 22.4. The molecule has 3 N–H and O–H groups in total. The maximum atomic E-state index is 15.0. The third-order valence-electron chi connectivity index (χ3n) is 7.67. The van der Waals surface area contributed by atoms with Crippen molar-refractivity contribution in [2.45, 2.75) is 56.9 Å². The number of hydrogen-bond donors (Lipinski definition) is 3. The zero-order chi connectivity index (χ0) is 29.1. The van der Waals surface area contributed by atoms with Crippen LogP contribution in [0.5, 0.6) is 0 Å². The molecule has 1 aromatic heterocycles. The van der Waals surface area contributed by atoms with Gasteiger partial charge in [0.15, 0.2) is 0 Å². The molecule has 1 fully saturated rings. The number of halogens is 3. The first-order chi connectivity index (χ1) is 19.7. The number of carbonyl (C=O) groups excluding carboxylic acids is 3. The number of nitrogens with zero attached hydrogens (tertiary/aromatic N) is 2. The Balaban J connectivity index is 1.45. The van der Waals surface area contributed by atoms with Crippen molar-refractivity contribution in [2.24, 2.45) is 0 Å². The van der Waals surface area contributed by atoms with Gasteiger partial charge < -0.3 is 19.9 Å². The molecule has 1 saturated heterocycles. The van der Waals surface area contributed by atoms with Gasteiger partial charge in [-0.05, 0) is 61.9 Å². The Morgan fingerprint density at radius 3 is 2.80 bits per heavy atom. The number of hydrogen-bond acceptors (Lipinski definition) is 5. The Bertz CT molecular complexity index is 1480. The standard InChI is InChI=1S/C29H30BrClFN5O4/c1-41-29(40)34-17-7-8-18-21(14-17)35-24(38)5-3-2-4-23(28-33-15-22(18)36-28)37-13-12-16(6-11-25(37)39)26-19(30)9-10-20(31)27(26)32/h7-10,14-16,23H,2-6,11-13H2,1H3,(H,33,36)(H,34,40)(H,35,38)/t16?,23-/m0/s1. The van der Waals surface area contributed by atoms with Gasteiger partial charge in [0.2, 0.25) is 11.8 Å². The molecule has 216 valence electrons. The predicted molar refractivity (Wildman–Crippen MR) is 157 cm³/mol. The Morgan fingerprint density at radius 2 is 2.00 bits per heavy atom. The number of carbonyl (C=O) groups is 3.